The molecular weight excluding hydrogens is 286 g/mol. The normalized spacial score (nSPS) is 11.7. The fourth-order valence-electron chi connectivity index (χ4n) is 2.13. The zero-order valence-corrected chi connectivity index (χ0v) is 13.3. The van der Waals surface area contributed by atoms with Crippen molar-refractivity contribution in [3.8, 4) is 0 Å². The highest BCUT2D eigenvalue weighted by molar-refractivity contribution is 7.91. The van der Waals surface area contributed by atoms with Crippen molar-refractivity contribution in [1.29, 1.82) is 0 Å². The highest BCUT2D eigenvalue weighted by atomic mass is 32.2. The molecule has 5 nitrogen and oxygen atoms in total. The van der Waals surface area contributed by atoms with E-state index in [0.717, 1.165) is 30.6 Å². The maximum atomic E-state index is 11.9. The van der Waals surface area contributed by atoms with Gasteiger partial charge >= 0.3 is 0 Å². The summed E-state index contributed by atoms with van der Waals surface area (Å²) in [6.07, 6.45) is 4.22. The van der Waals surface area contributed by atoms with E-state index in [0.29, 0.717) is 11.3 Å². The molecule has 2 aromatic rings. The largest absolute Gasteiger partial charge is 0.253 e. The van der Waals surface area contributed by atoms with Gasteiger partial charge in [0, 0.05) is 12.7 Å². The summed E-state index contributed by atoms with van der Waals surface area (Å²) in [5.41, 5.74) is 2.07. The predicted octanol–water partition coefficient (Wildman–Crippen LogP) is 2.27. The zero-order valence-electron chi connectivity index (χ0n) is 12.5. The van der Waals surface area contributed by atoms with Gasteiger partial charge in [0.05, 0.1) is 16.3 Å². The van der Waals surface area contributed by atoms with Crippen LogP contribution < -0.4 is 0 Å². The zero-order chi connectivity index (χ0) is 15.3. The van der Waals surface area contributed by atoms with E-state index in [4.69, 9.17) is 0 Å². The number of benzene rings is 1. The summed E-state index contributed by atoms with van der Waals surface area (Å²) in [5.74, 6) is 0.201. The molecule has 6 heteroatoms. The Hall–Kier alpha value is -1.69. The minimum atomic E-state index is -3.12. The van der Waals surface area contributed by atoms with Crippen LogP contribution in [0, 0.1) is 0 Å². The Balaban J connectivity index is 1.99. The minimum absolute atomic E-state index is 0.201. The lowest BCUT2D eigenvalue weighted by Gasteiger charge is -2.04. The fourth-order valence-corrected chi connectivity index (χ4v) is 3.45. The molecule has 0 saturated heterocycles. The topological polar surface area (TPSA) is 64.8 Å². The summed E-state index contributed by atoms with van der Waals surface area (Å²) >= 11 is 0. The number of rotatable bonds is 7. The molecule has 1 aromatic heterocycles. The third-order valence-electron chi connectivity index (χ3n) is 3.34. The van der Waals surface area contributed by atoms with E-state index >= 15 is 0 Å². The molecule has 0 aliphatic heterocycles. The quantitative estimate of drug-likeness (QED) is 0.787. The van der Waals surface area contributed by atoms with Crippen molar-refractivity contribution in [2.75, 3.05) is 5.75 Å². The highest BCUT2D eigenvalue weighted by Gasteiger charge is 2.12. The van der Waals surface area contributed by atoms with Gasteiger partial charge in [-0.05, 0) is 43.9 Å². The van der Waals surface area contributed by atoms with Crippen molar-refractivity contribution in [3.63, 3.8) is 0 Å². The molecule has 1 aromatic carbocycles. The number of aromatic nitrogens is 3. The lowest BCUT2D eigenvalue weighted by molar-refractivity contribution is 0.594. The van der Waals surface area contributed by atoms with Crippen LogP contribution in [0.2, 0.25) is 0 Å². The number of sulfone groups is 1. The Kier molecular flexibility index (Phi) is 5.12. The summed E-state index contributed by atoms with van der Waals surface area (Å²) in [7, 11) is -3.12. The molecule has 0 saturated carbocycles. The van der Waals surface area contributed by atoms with Crippen LogP contribution in [0.1, 0.15) is 31.5 Å². The molecule has 0 fully saturated rings. The second-order valence-electron chi connectivity index (χ2n) is 5.03. The SMILES string of the molecule is CCCS(=O)(=O)c1ccc(CCc2cn(CC)nn2)cc1. The van der Waals surface area contributed by atoms with Gasteiger partial charge in [0.15, 0.2) is 9.84 Å². The van der Waals surface area contributed by atoms with Crippen LogP contribution in [0.4, 0.5) is 0 Å². The predicted molar refractivity (Wildman–Crippen MR) is 81.9 cm³/mol. The third-order valence-corrected chi connectivity index (χ3v) is 5.27. The lowest BCUT2D eigenvalue weighted by Crippen LogP contribution is -2.05. The van der Waals surface area contributed by atoms with Gasteiger partial charge in [-0.2, -0.15) is 0 Å². The summed E-state index contributed by atoms with van der Waals surface area (Å²) in [5, 5.41) is 8.10. The number of aryl methyl sites for hydroxylation is 3. The van der Waals surface area contributed by atoms with Gasteiger partial charge in [-0.1, -0.05) is 24.3 Å². The maximum absolute atomic E-state index is 11.9. The van der Waals surface area contributed by atoms with Crippen molar-refractivity contribution >= 4 is 9.84 Å². The Bertz CT molecular complexity index is 675. The van der Waals surface area contributed by atoms with E-state index in [2.05, 4.69) is 10.3 Å². The van der Waals surface area contributed by atoms with E-state index in [1.165, 1.54) is 0 Å². The van der Waals surface area contributed by atoms with Crippen LogP contribution in [-0.2, 0) is 29.2 Å². The average Bonchev–Trinajstić information content (AvgIpc) is 2.93. The molecular formula is C15H21N3O2S. The van der Waals surface area contributed by atoms with E-state index in [1.54, 1.807) is 16.8 Å². The third kappa shape index (κ3) is 4.14. The van der Waals surface area contributed by atoms with Crippen molar-refractivity contribution in [2.45, 2.75) is 44.6 Å². The van der Waals surface area contributed by atoms with Gasteiger partial charge in [-0.3, -0.25) is 4.68 Å². The molecule has 0 atom stereocenters. The first-order valence-electron chi connectivity index (χ1n) is 7.26. The monoisotopic (exact) mass is 307 g/mol. The summed E-state index contributed by atoms with van der Waals surface area (Å²) in [6.45, 7) is 4.71. The summed E-state index contributed by atoms with van der Waals surface area (Å²) < 4.78 is 25.7. The fraction of sp³-hybridized carbons (Fsp3) is 0.467. The van der Waals surface area contributed by atoms with E-state index in [-0.39, 0.29) is 5.75 Å². The van der Waals surface area contributed by atoms with E-state index in [9.17, 15) is 8.42 Å². The number of hydrogen-bond acceptors (Lipinski definition) is 4. The Labute approximate surface area is 125 Å². The van der Waals surface area contributed by atoms with Crippen molar-refractivity contribution < 1.29 is 8.42 Å². The first kappa shape index (κ1) is 15.7. The molecule has 21 heavy (non-hydrogen) atoms. The van der Waals surface area contributed by atoms with Crippen LogP contribution in [0.25, 0.3) is 0 Å². The molecule has 0 bridgehead atoms. The molecule has 2 rings (SSSR count). The Morgan fingerprint density at radius 2 is 1.81 bits per heavy atom. The van der Waals surface area contributed by atoms with Crippen LogP contribution in [0.3, 0.4) is 0 Å². The van der Waals surface area contributed by atoms with Crippen LogP contribution >= 0.6 is 0 Å². The molecule has 0 N–H and O–H groups in total. The Morgan fingerprint density at radius 3 is 2.38 bits per heavy atom. The van der Waals surface area contributed by atoms with Gasteiger partial charge in [0.1, 0.15) is 0 Å². The van der Waals surface area contributed by atoms with Crippen LogP contribution in [-0.4, -0.2) is 29.2 Å². The minimum Gasteiger partial charge on any atom is -0.253 e. The number of nitrogens with zero attached hydrogens (tertiary/aromatic N) is 3. The van der Waals surface area contributed by atoms with Crippen molar-refractivity contribution in [2.24, 2.45) is 0 Å². The standard InChI is InChI=1S/C15H21N3O2S/c1-3-11-21(19,20)15-9-6-13(7-10-15)5-8-14-12-18(4-2)17-16-14/h6-7,9-10,12H,3-5,8,11H2,1-2H3. The van der Waals surface area contributed by atoms with Gasteiger partial charge in [-0.25, -0.2) is 8.42 Å². The van der Waals surface area contributed by atoms with E-state index in [1.807, 2.05) is 32.2 Å². The van der Waals surface area contributed by atoms with Gasteiger partial charge in [-0.15, -0.1) is 5.10 Å². The molecule has 0 amide bonds. The average molecular weight is 307 g/mol. The second-order valence-corrected chi connectivity index (χ2v) is 7.14. The first-order chi connectivity index (χ1) is 10.0. The van der Waals surface area contributed by atoms with Crippen LogP contribution in [0.15, 0.2) is 35.4 Å². The molecule has 0 aliphatic carbocycles. The van der Waals surface area contributed by atoms with Crippen LogP contribution in [0.5, 0.6) is 0 Å². The maximum Gasteiger partial charge on any atom is 0.178 e. The summed E-state index contributed by atoms with van der Waals surface area (Å²) in [6, 6.07) is 7.16. The molecule has 0 aliphatic rings. The Morgan fingerprint density at radius 1 is 1.10 bits per heavy atom. The highest BCUT2D eigenvalue weighted by Crippen LogP contribution is 2.14. The molecule has 0 spiro atoms. The van der Waals surface area contributed by atoms with Crippen molar-refractivity contribution in [1.82, 2.24) is 15.0 Å². The second kappa shape index (κ2) is 6.85. The van der Waals surface area contributed by atoms with Gasteiger partial charge < -0.3 is 0 Å². The smallest absolute Gasteiger partial charge is 0.178 e. The molecule has 0 radical (unpaired) electrons. The van der Waals surface area contributed by atoms with Crippen molar-refractivity contribution in [3.05, 3.63) is 41.7 Å². The lowest BCUT2D eigenvalue weighted by atomic mass is 10.1. The van der Waals surface area contributed by atoms with Gasteiger partial charge in [0.25, 0.3) is 0 Å². The molecule has 114 valence electrons. The molecule has 1 heterocycles. The molecule has 0 unspecified atom stereocenters. The van der Waals surface area contributed by atoms with Gasteiger partial charge in [0.2, 0.25) is 0 Å². The summed E-state index contributed by atoms with van der Waals surface area (Å²) in [4.78, 5) is 0.407. The first-order valence-corrected chi connectivity index (χ1v) is 8.91. The number of hydrogen-bond donors (Lipinski definition) is 0. The van der Waals surface area contributed by atoms with E-state index < -0.39 is 9.84 Å².